The van der Waals surface area contributed by atoms with E-state index >= 15 is 0 Å². The van der Waals surface area contributed by atoms with E-state index in [0.29, 0.717) is 6.54 Å². The van der Waals surface area contributed by atoms with Crippen molar-refractivity contribution in [1.82, 2.24) is 0 Å². The smallest absolute Gasteiger partial charge is 0.101 e. The second-order valence-corrected chi connectivity index (χ2v) is 6.59. The minimum absolute atomic E-state index is 0.651. The lowest BCUT2D eigenvalue weighted by molar-refractivity contribution is 0.668. The van der Waals surface area contributed by atoms with Crippen molar-refractivity contribution in [3.63, 3.8) is 0 Å². The van der Waals surface area contributed by atoms with Gasteiger partial charge in [-0.3, -0.25) is 4.99 Å². The Morgan fingerprint density at radius 2 is 1.75 bits per heavy atom. The fraction of sp³-hybridized carbons (Fsp3) is 0.350. The van der Waals surface area contributed by atoms with Crippen molar-refractivity contribution in [2.75, 3.05) is 17.2 Å². The Labute approximate surface area is 149 Å². The molecule has 0 atom stereocenters. The molecule has 0 amide bonds. The van der Waals surface area contributed by atoms with Crippen LogP contribution in [0, 0.1) is 0 Å². The quantitative estimate of drug-likeness (QED) is 0.732. The van der Waals surface area contributed by atoms with Crippen LogP contribution in [0.3, 0.4) is 0 Å². The van der Waals surface area contributed by atoms with Crippen molar-refractivity contribution >= 4 is 28.8 Å². The van der Waals surface area contributed by atoms with Crippen molar-refractivity contribution in [3.8, 4) is 0 Å². The number of amidine groups is 1. The number of hydrogen-bond donors (Lipinski definition) is 2. The molecule has 0 radical (unpaired) electrons. The third-order valence-electron chi connectivity index (χ3n) is 4.20. The van der Waals surface area contributed by atoms with Crippen molar-refractivity contribution < 1.29 is 0 Å². The molecule has 0 aromatic heterocycles. The van der Waals surface area contributed by atoms with Crippen molar-refractivity contribution in [2.24, 2.45) is 4.99 Å². The Kier molecular flexibility index (Phi) is 6.13. The van der Waals surface area contributed by atoms with Crippen LogP contribution < -0.4 is 10.6 Å². The number of nitrogens with one attached hydrogen (secondary N) is 2. The van der Waals surface area contributed by atoms with Gasteiger partial charge < -0.3 is 10.6 Å². The summed E-state index contributed by atoms with van der Waals surface area (Å²) < 4.78 is 0. The SMILES string of the molecule is Clc1cccc(CN=C2CCCCCCNc3ccccc3N2)c1. The normalized spacial score (nSPS) is 17.3. The highest BCUT2D eigenvalue weighted by molar-refractivity contribution is 6.30. The minimum Gasteiger partial charge on any atom is -0.383 e. The van der Waals surface area contributed by atoms with Gasteiger partial charge in [0.25, 0.3) is 0 Å². The topological polar surface area (TPSA) is 36.4 Å². The summed E-state index contributed by atoms with van der Waals surface area (Å²) in [7, 11) is 0. The number of para-hydroxylation sites is 2. The first-order valence-corrected chi connectivity index (χ1v) is 9.07. The maximum Gasteiger partial charge on any atom is 0.101 e. The number of hydrogen-bond acceptors (Lipinski definition) is 2. The Balaban J connectivity index is 1.78. The summed E-state index contributed by atoms with van der Waals surface area (Å²) in [6.45, 7) is 1.67. The van der Waals surface area contributed by atoms with Gasteiger partial charge in [0.15, 0.2) is 0 Å². The van der Waals surface area contributed by atoms with Gasteiger partial charge in [-0.2, -0.15) is 0 Å². The van der Waals surface area contributed by atoms with Crippen LogP contribution in [0.25, 0.3) is 0 Å². The Morgan fingerprint density at radius 1 is 0.917 bits per heavy atom. The molecule has 1 heterocycles. The number of aliphatic imine (C=N–C) groups is 1. The highest BCUT2D eigenvalue weighted by Crippen LogP contribution is 2.23. The van der Waals surface area contributed by atoms with Gasteiger partial charge in [0.2, 0.25) is 0 Å². The highest BCUT2D eigenvalue weighted by atomic mass is 35.5. The second-order valence-electron chi connectivity index (χ2n) is 6.15. The summed E-state index contributed by atoms with van der Waals surface area (Å²) in [5, 5.41) is 7.82. The van der Waals surface area contributed by atoms with Gasteiger partial charge in [-0.25, -0.2) is 0 Å². The zero-order valence-corrected chi connectivity index (χ0v) is 14.6. The monoisotopic (exact) mass is 341 g/mol. The first-order chi connectivity index (χ1) is 11.8. The first kappa shape index (κ1) is 16.8. The van der Waals surface area contributed by atoms with Crippen LogP contribution in [0.1, 0.15) is 37.7 Å². The molecule has 2 aromatic rings. The second kappa shape index (κ2) is 8.74. The molecule has 2 N–H and O–H groups in total. The number of benzene rings is 2. The molecule has 1 aliphatic heterocycles. The minimum atomic E-state index is 0.651. The fourth-order valence-corrected chi connectivity index (χ4v) is 3.11. The summed E-state index contributed by atoms with van der Waals surface area (Å²) in [4.78, 5) is 4.82. The lowest BCUT2D eigenvalue weighted by Gasteiger charge is -2.14. The zero-order chi connectivity index (χ0) is 16.6. The van der Waals surface area contributed by atoms with E-state index in [9.17, 15) is 0 Å². The third-order valence-corrected chi connectivity index (χ3v) is 4.44. The van der Waals surface area contributed by atoms with Gasteiger partial charge >= 0.3 is 0 Å². The molecule has 0 saturated heterocycles. The number of rotatable bonds is 2. The average molecular weight is 342 g/mol. The molecule has 0 saturated carbocycles. The summed E-state index contributed by atoms with van der Waals surface area (Å²) in [6, 6.07) is 16.3. The first-order valence-electron chi connectivity index (χ1n) is 8.69. The molecule has 24 heavy (non-hydrogen) atoms. The maximum atomic E-state index is 6.07. The molecule has 3 rings (SSSR count). The van der Waals surface area contributed by atoms with E-state index in [4.69, 9.17) is 16.6 Å². The van der Waals surface area contributed by atoms with E-state index in [-0.39, 0.29) is 0 Å². The molecule has 126 valence electrons. The van der Waals surface area contributed by atoms with Crippen LogP contribution in [0.2, 0.25) is 5.02 Å². The molecule has 0 fully saturated rings. The summed E-state index contributed by atoms with van der Waals surface area (Å²) in [6.07, 6.45) is 5.87. The molecule has 0 spiro atoms. The third kappa shape index (κ3) is 5.00. The van der Waals surface area contributed by atoms with E-state index in [1.165, 1.54) is 25.7 Å². The van der Waals surface area contributed by atoms with Crippen molar-refractivity contribution in [3.05, 3.63) is 59.1 Å². The molecule has 0 unspecified atom stereocenters. The zero-order valence-electron chi connectivity index (χ0n) is 13.9. The molecule has 4 heteroatoms. The predicted molar refractivity (Wildman–Crippen MR) is 104 cm³/mol. The summed E-state index contributed by atoms with van der Waals surface area (Å²) >= 11 is 6.07. The largest absolute Gasteiger partial charge is 0.383 e. The van der Waals surface area contributed by atoms with Crippen LogP contribution in [0.5, 0.6) is 0 Å². The van der Waals surface area contributed by atoms with E-state index < -0.39 is 0 Å². The van der Waals surface area contributed by atoms with Gasteiger partial charge in [-0.1, -0.05) is 48.7 Å². The predicted octanol–water partition coefficient (Wildman–Crippen LogP) is 5.73. The molecule has 0 bridgehead atoms. The van der Waals surface area contributed by atoms with E-state index in [0.717, 1.165) is 40.8 Å². The average Bonchev–Trinajstić information content (AvgIpc) is 2.64. The summed E-state index contributed by atoms with van der Waals surface area (Å²) in [5.74, 6) is 1.05. The van der Waals surface area contributed by atoms with Crippen molar-refractivity contribution in [1.29, 1.82) is 0 Å². The van der Waals surface area contributed by atoms with Crippen LogP contribution in [-0.4, -0.2) is 12.4 Å². The lowest BCUT2D eigenvalue weighted by Crippen LogP contribution is -2.14. The summed E-state index contributed by atoms with van der Waals surface area (Å²) in [5.41, 5.74) is 3.39. The molecular weight excluding hydrogens is 318 g/mol. The highest BCUT2D eigenvalue weighted by Gasteiger charge is 2.07. The van der Waals surface area contributed by atoms with Gasteiger partial charge in [0.1, 0.15) is 5.84 Å². The van der Waals surface area contributed by atoms with Crippen LogP contribution in [0.15, 0.2) is 53.5 Å². The lowest BCUT2D eigenvalue weighted by atomic mass is 10.1. The molecule has 1 aliphatic rings. The number of anilines is 2. The van der Waals surface area contributed by atoms with Crippen molar-refractivity contribution in [2.45, 2.75) is 38.6 Å². The van der Waals surface area contributed by atoms with Gasteiger partial charge in [0, 0.05) is 18.0 Å². The van der Waals surface area contributed by atoms with Gasteiger partial charge in [-0.15, -0.1) is 0 Å². The Hall–Kier alpha value is -2.00. The Bertz CT molecular complexity index is 697. The molecule has 3 nitrogen and oxygen atoms in total. The maximum absolute atomic E-state index is 6.07. The van der Waals surface area contributed by atoms with E-state index in [2.05, 4.69) is 41.0 Å². The van der Waals surface area contributed by atoms with E-state index in [1.54, 1.807) is 0 Å². The Morgan fingerprint density at radius 3 is 2.62 bits per heavy atom. The molecule has 0 aliphatic carbocycles. The van der Waals surface area contributed by atoms with Gasteiger partial charge in [0.05, 0.1) is 17.9 Å². The molecular formula is C20H24ClN3. The number of fused-ring (bicyclic) bond motifs is 1. The molecule has 2 aromatic carbocycles. The number of halogens is 1. The van der Waals surface area contributed by atoms with Crippen LogP contribution in [0.4, 0.5) is 11.4 Å². The number of nitrogens with zero attached hydrogens (tertiary/aromatic N) is 1. The van der Waals surface area contributed by atoms with E-state index in [1.807, 2.05) is 18.2 Å². The fourth-order valence-electron chi connectivity index (χ4n) is 2.90. The van der Waals surface area contributed by atoms with Crippen LogP contribution in [-0.2, 0) is 6.54 Å². The van der Waals surface area contributed by atoms with Gasteiger partial charge in [-0.05, 0) is 42.7 Å². The van der Waals surface area contributed by atoms with Crippen LogP contribution >= 0.6 is 11.6 Å². The standard InChI is InChI=1S/C20H24ClN3/c21-17-9-7-8-16(14-17)15-23-20-12-3-1-2-6-13-22-18-10-4-5-11-19(18)24-20/h4-5,7-11,14,22H,1-3,6,12-13,15H2,(H,23,24).